The number of carbonyl (C=O) groups excluding carboxylic acids is 2. The molecule has 0 radical (unpaired) electrons. The maximum Gasteiger partial charge on any atom is 0.295 e. The van der Waals surface area contributed by atoms with E-state index in [1.165, 1.54) is 24.1 Å². The molecule has 3 rings (SSSR count). The molecule has 0 bridgehead atoms. The summed E-state index contributed by atoms with van der Waals surface area (Å²) in [5, 5.41) is 11.0. The van der Waals surface area contributed by atoms with E-state index < -0.39 is 29.3 Å². The first-order valence-corrected chi connectivity index (χ1v) is 10.2. The molecule has 1 N–H and O–H groups in total. The Kier molecular flexibility index (Phi) is 7.15. The minimum Gasteiger partial charge on any atom is -0.507 e. The van der Waals surface area contributed by atoms with Crippen LogP contribution in [0.2, 0.25) is 0 Å². The third-order valence-electron chi connectivity index (χ3n) is 5.40. The maximum absolute atomic E-state index is 14.3. The second-order valence-corrected chi connectivity index (χ2v) is 7.77. The van der Waals surface area contributed by atoms with Gasteiger partial charge in [0, 0.05) is 12.1 Å². The van der Waals surface area contributed by atoms with E-state index in [0.29, 0.717) is 24.3 Å². The lowest BCUT2D eigenvalue weighted by atomic mass is 9.95. The van der Waals surface area contributed by atoms with Gasteiger partial charge in [-0.2, -0.15) is 0 Å². The van der Waals surface area contributed by atoms with Crippen molar-refractivity contribution in [1.29, 1.82) is 0 Å². The van der Waals surface area contributed by atoms with Gasteiger partial charge in [0.15, 0.2) is 11.6 Å². The largest absolute Gasteiger partial charge is 0.507 e. The molecule has 8 heteroatoms. The lowest BCUT2D eigenvalue weighted by molar-refractivity contribution is -0.139. The van der Waals surface area contributed by atoms with Gasteiger partial charge in [0.1, 0.15) is 11.5 Å². The first-order valence-electron chi connectivity index (χ1n) is 10.2. The highest BCUT2D eigenvalue weighted by molar-refractivity contribution is 6.46. The molecule has 1 aliphatic rings. The van der Waals surface area contributed by atoms with Crippen molar-refractivity contribution in [2.24, 2.45) is 0 Å². The van der Waals surface area contributed by atoms with Gasteiger partial charge < -0.3 is 24.4 Å². The highest BCUT2D eigenvalue weighted by atomic mass is 19.1. The zero-order chi connectivity index (χ0) is 23.4. The molecule has 0 aliphatic carbocycles. The minimum absolute atomic E-state index is 0.0115. The molecule has 0 unspecified atom stereocenters. The van der Waals surface area contributed by atoms with Crippen LogP contribution >= 0.6 is 0 Å². The van der Waals surface area contributed by atoms with Gasteiger partial charge in [-0.05, 0) is 63.0 Å². The number of likely N-dealkylation sites (tertiary alicyclic amines) is 1. The molecule has 1 fully saturated rings. The third kappa shape index (κ3) is 4.60. The van der Waals surface area contributed by atoms with Crippen molar-refractivity contribution in [3.05, 3.63) is 65.0 Å². The van der Waals surface area contributed by atoms with Crippen LogP contribution in [0.1, 0.15) is 23.6 Å². The fraction of sp³-hybridized carbons (Fsp3) is 0.333. The fourth-order valence-electron chi connectivity index (χ4n) is 3.77. The van der Waals surface area contributed by atoms with Gasteiger partial charge in [0.25, 0.3) is 11.7 Å². The predicted molar refractivity (Wildman–Crippen MR) is 118 cm³/mol. The van der Waals surface area contributed by atoms with Crippen LogP contribution in [0.4, 0.5) is 4.39 Å². The minimum atomic E-state index is -0.801. The van der Waals surface area contributed by atoms with Crippen LogP contribution in [0.15, 0.2) is 48.0 Å². The predicted octanol–water partition coefficient (Wildman–Crippen LogP) is 3.22. The Hall–Kier alpha value is -3.39. The molecule has 32 heavy (non-hydrogen) atoms. The number of halogens is 1. The monoisotopic (exact) mass is 442 g/mol. The van der Waals surface area contributed by atoms with E-state index in [4.69, 9.17) is 9.47 Å². The summed E-state index contributed by atoms with van der Waals surface area (Å²) in [5.41, 5.74) is 0.660. The molecular weight excluding hydrogens is 415 g/mol. The van der Waals surface area contributed by atoms with Gasteiger partial charge in [-0.25, -0.2) is 4.39 Å². The number of carbonyl (C=O) groups is 2. The van der Waals surface area contributed by atoms with Crippen LogP contribution in [0.25, 0.3) is 5.76 Å². The van der Waals surface area contributed by atoms with E-state index in [2.05, 4.69) is 0 Å². The first-order chi connectivity index (χ1) is 15.3. The van der Waals surface area contributed by atoms with Crippen LogP contribution in [-0.4, -0.2) is 68.0 Å². The van der Waals surface area contributed by atoms with Gasteiger partial charge in [-0.1, -0.05) is 12.1 Å². The van der Waals surface area contributed by atoms with Crippen molar-refractivity contribution in [2.75, 3.05) is 41.4 Å². The molecule has 7 nitrogen and oxygen atoms in total. The molecule has 170 valence electrons. The molecule has 1 aliphatic heterocycles. The normalized spacial score (nSPS) is 17.8. The molecule has 0 spiro atoms. The molecule has 1 saturated heterocycles. The Morgan fingerprint density at radius 1 is 1.09 bits per heavy atom. The lowest BCUT2D eigenvalue weighted by Crippen LogP contribution is -2.32. The number of ether oxygens (including phenoxy) is 2. The number of aliphatic hydroxyl groups is 1. The summed E-state index contributed by atoms with van der Waals surface area (Å²) >= 11 is 0. The first kappa shape index (κ1) is 23.3. The Balaban J connectivity index is 2.10. The number of rotatable bonds is 8. The molecule has 2 aromatic carbocycles. The fourth-order valence-corrected chi connectivity index (χ4v) is 3.77. The molecule has 0 aromatic heterocycles. The van der Waals surface area contributed by atoms with Gasteiger partial charge >= 0.3 is 0 Å². The van der Waals surface area contributed by atoms with Crippen LogP contribution < -0.4 is 9.47 Å². The van der Waals surface area contributed by atoms with Gasteiger partial charge in [0.05, 0.1) is 25.8 Å². The standard InChI is InChI=1S/C24H27FN2O5/c1-26(2)12-5-13-27-21(15-6-9-17(31-3)10-7-15)20(23(29)24(27)30)22(28)16-8-11-19(32-4)18(25)14-16/h6-11,14,21,28H,5,12-13H2,1-4H3/t21-/m0/s1. The van der Waals surface area contributed by atoms with E-state index in [9.17, 15) is 19.1 Å². The summed E-state index contributed by atoms with van der Waals surface area (Å²) in [6, 6.07) is 10.0. The lowest BCUT2D eigenvalue weighted by Gasteiger charge is -2.26. The number of ketones is 1. The molecule has 2 aromatic rings. The molecule has 0 saturated carbocycles. The van der Waals surface area contributed by atoms with Crippen molar-refractivity contribution < 1.29 is 28.6 Å². The van der Waals surface area contributed by atoms with Gasteiger partial charge in [-0.3, -0.25) is 9.59 Å². The van der Waals surface area contributed by atoms with E-state index in [-0.39, 0.29) is 16.9 Å². The third-order valence-corrected chi connectivity index (χ3v) is 5.40. The Labute approximate surface area is 186 Å². The average Bonchev–Trinajstić information content (AvgIpc) is 3.03. The van der Waals surface area contributed by atoms with Crippen molar-refractivity contribution in [1.82, 2.24) is 9.80 Å². The number of benzene rings is 2. The number of methoxy groups -OCH3 is 2. The second-order valence-electron chi connectivity index (χ2n) is 7.77. The van der Waals surface area contributed by atoms with Crippen LogP contribution in [0.5, 0.6) is 11.5 Å². The van der Waals surface area contributed by atoms with Crippen molar-refractivity contribution in [2.45, 2.75) is 12.5 Å². The van der Waals surface area contributed by atoms with E-state index in [1.54, 1.807) is 31.4 Å². The SMILES string of the molecule is COc1ccc([C@H]2C(=C(O)c3ccc(OC)c(F)c3)C(=O)C(=O)N2CCCN(C)C)cc1. The van der Waals surface area contributed by atoms with Crippen LogP contribution in [-0.2, 0) is 9.59 Å². The average molecular weight is 442 g/mol. The maximum atomic E-state index is 14.3. The number of hydrogen-bond donors (Lipinski definition) is 1. The topological polar surface area (TPSA) is 79.3 Å². The van der Waals surface area contributed by atoms with E-state index in [1.807, 2.05) is 19.0 Å². The summed E-state index contributed by atoms with van der Waals surface area (Å²) in [6.45, 7) is 1.05. The Bertz CT molecular complexity index is 1030. The zero-order valence-electron chi connectivity index (χ0n) is 18.6. The summed E-state index contributed by atoms with van der Waals surface area (Å²) < 4.78 is 24.4. The Morgan fingerprint density at radius 3 is 2.34 bits per heavy atom. The number of Topliss-reactive ketones (excluding diaryl/α,β-unsaturated/α-hetero) is 1. The highest BCUT2D eigenvalue weighted by Crippen LogP contribution is 2.40. The summed E-state index contributed by atoms with van der Waals surface area (Å²) in [5.74, 6) is -1.98. The number of aliphatic hydroxyl groups excluding tert-OH is 1. The number of amides is 1. The van der Waals surface area contributed by atoms with Crippen LogP contribution in [0, 0.1) is 5.82 Å². The van der Waals surface area contributed by atoms with Gasteiger partial charge in [-0.15, -0.1) is 0 Å². The van der Waals surface area contributed by atoms with Crippen LogP contribution in [0.3, 0.4) is 0 Å². The summed E-state index contributed by atoms with van der Waals surface area (Å²) in [6.07, 6.45) is 0.643. The van der Waals surface area contributed by atoms with Gasteiger partial charge in [0.2, 0.25) is 0 Å². The van der Waals surface area contributed by atoms with E-state index >= 15 is 0 Å². The molecule has 1 atom stereocenters. The van der Waals surface area contributed by atoms with Crippen molar-refractivity contribution >= 4 is 17.4 Å². The zero-order valence-corrected chi connectivity index (χ0v) is 18.6. The Morgan fingerprint density at radius 2 is 1.78 bits per heavy atom. The molecular formula is C24H27FN2O5. The van der Waals surface area contributed by atoms with Crippen molar-refractivity contribution in [3.63, 3.8) is 0 Å². The second kappa shape index (κ2) is 9.82. The molecule has 1 amide bonds. The smallest absolute Gasteiger partial charge is 0.295 e. The summed E-state index contributed by atoms with van der Waals surface area (Å²) in [4.78, 5) is 29.3. The van der Waals surface area contributed by atoms with E-state index in [0.717, 1.165) is 12.6 Å². The highest BCUT2D eigenvalue weighted by Gasteiger charge is 2.45. The number of hydrogen-bond acceptors (Lipinski definition) is 6. The molecule has 1 heterocycles. The van der Waals surface area contributed by atoms with Crippen molar-refractivity contribution in [3.8, 4) is 11.5 Å². The number of nitrogens with zero attached hydrogens (tertiary/aromatic N) is 2. The quantitative estimate of drug-likeness (QED) is 0.384. The summed E-state index contributed by atoms with van der Waals surface area (Å²) in [7, 11) is 6.72.